The Bertz CT molecular complexity index is 1310. The number of rotatable bonds is 4. The fourth-order valence-electron chi connectivity index (χ4n) is 4.57. The van der Waals surface area contributed by atoms with Crippen LogP contribution in [0.15, 0.2) is 48.7 Å². The molecule has 8 heteroatoms. The van der Waals surface area contributed by atoms with Gasteiger partial charge in [0.15, 0.2) is 11.6 Å². The van der Waals surface area contributed by atoms with Gasteiger partial charge in [-0.3, -0.25) is 0 Å². The number of halogens is 3. The quantitative estimate of drug-likeness (QED) is 0.389. The Balaban J connectivity index is 1.42. The van der Waals surface area contributed by atoms with Crippen molar-refractivity contribution in [1.29, 1.82) is 0 Å². The molecule has 0 saturated carbocycles. The van der Waals surface area contributed by atoms with Crippen LogP contribution in [0.25, 0.3) is 17.2 Å². The fraction of sp³-hybridized carbons (Fsp3) is 0.296. The van der Waals surface area contributed by atoms with E-state index in [9.17, 15) is 4.39 Å². The molecule has 0 radical (unpaired) electrons. The first-order valence-corrected chi connectivity index (χ1v) is 12.3. The third-order valence-electron chi connectivity index (χ3n) is 6.73. The number of ether oxygens (including phenoxy) is 2. The molecule has 3 heterocycles. The lowest BCUT2D eigenvalue weighted by Crippen LogP contribution is -2.46. The topological polar surface area (TPSA) is 60.6 Å². The number of pyridine rings is 1. The molecule has 5 nitrogen and oxygen atoms in total. The fourth-order valence-corrected chi connectivity index (χ4v) is 5.25. The van der Waals surface area contributed by atoms with Gasteiger partial charge in [-0.1, -0.05) is 41.4 Å². The van der Waals surface area contributed by atoms with Crippen molar-refractivity contribution in [3.63, 3.8) is 0 Å². The third-order valence-corrected chi connectivity index (χ3v) is 7.45. The Morgan fingerprint density at radius 1 is 1.14 bits per heavy atom. The molecule has 5 rings (SSSR count). The van der Waals surface area contributed by atoms with E-state index in [0.29, 0.717) is 16.3 Å². The second kappa shape index (κ2) is 9.34. The standard InChI is InChI=1S/C27H26Cl2FN3O2/c1-16(24-20(28)5-6-21(30)25(24)29)34-23-14-19(15-32-26(23)31)18-4-3-17-7-8-27(35-22(17)13-18)9-11-33(2)12-10-27/h3-8,13-16H,9-12H2,1-2H3,(H2,31,32)/t16-/m1/s1. The van der Waals surface area contributed by atoms with Crippen molar-refractivity contribution < 1.29 is 13.9 Å². The minimum atomic E-state index is -0.647. The van der Waals surface area contributed by atoms with Gasteiger partial charge in [-0.05, 0) is 49.9 Å². The van der Waals surface area contributed by atoms with Crippen molar-refractivity contribution in [2.24, 2.45) is 0 Å². The van der Waals surface area contributed by atoms with E-state index in [1.807, 2.05) is 24.3 Å². The van der Waals surface area contributed by atoms with E-state index in [1.54, 1.807) is 13.1 Å². The van der Waals surface area contributed by atoms with Crippen molar-refractivity contribution >= 4 is 35.1 Å². The molecule has 1 aromatic heterocycles. The maximum Gasteiger partial charge on any atom is 0.166 e. The summed E-state index contributed by atoms with van der Waals surface area (Å²) in [5.41, 5.74) is 8.98. The van der Waals surface area contributed by atoms with Crippen LogP contribution in [0.2, 0.25) is 10.0 Å². The van der Waals surface area contributed by atoms with Crippen LogP contribution < -0.4 is 15.2 Å². The van der Waals surface area contributed by atoms with Crippen molar-refractivity contribution in [2.45, 2.75) is 31.5 Å². The van der Waals surface area contributed by atoms with Gasteiger partial charge >= 0.3 is 0 Å². The Hall–Kier alpha value is -2.80. The second-order valence-corrected chi connectivity index (χ2v) is 9.97. The molecule has 0 aliphatic carbocycles. The van der Waals surface area contributed by atoms with Crippen LogP contribution in [0.5, 0.6) is 11.5 Å². The van der Waals surface area contributed by atoms with E-state index < -0.39 is 11.9 Å². The van der Waals surface area contributed by atoms with Crippen LogP contribution in [0.1, 0.15) is 37.0 Å². The number of nitrogen functional groups attached to an aromatic ring is 1. The predicted molar refractivity (Wildman–Crippen MR) is 139 cm³/mol. The lowest BCUT2D eigenvalue weighted by Gasteiger charge is -2.41. The van der Waals surface area contributed by atoms with E-state index in [-0.39, 0.29) is 16.4 Å². The molecule has 2 aliphatic heterocycles. The molecule has 1 spiro atoms. The Morgan fingerprint density at radius 2 is 1.91 bits per heavy atom. The summed E-state index contributed by atoms with van der Waals surface area (Å²) in [7, 11) is 2.14. The summed E-state index contributed by atoms with van der Waals surface area (Å²) in [5.74, 6) is 0.857. The van der Waals surface area contributed by atoms with Gasteiger partial charge in [0.1, 0.15) is 23.3 Å². The molecule has 35 heavy (non-hydrogen) atoms. The number of piperidine rings is 1. The number of hydrogen-bond acceptors (Lipinski definition) is 5. The number of benzene rings is 2. The molecule has 1 saturated heterocycles. The molecular weight excluding hydrogens is 488 g/mol. The van der Waals surface area contributed by atoms with Gasteiger partial charge < -0.3 is 20.1 Å². The van der Waals surface area contributed by atoms with Gasteiger partial charge in [0, 0.05) is 53.8 Å². The van der Waals surface area contributed by atoms with E-state index in [4.69, 9.17) is 38.4 Å². The maximum absolute atomic E-state index is 14.0. The van der Waals surface area contributed by atoms with Crippen molar-refractivity contribution in [1.82, 2.24) is 9.88 Å². The van der Waals surface area contributed by atoms with Crippen LogP contribution in [0, 0.1) is 5.82 Å². The summed E-state index contributed by atoms with van der Waals surface area (Å²) < 4.78 is 26.6. The Morgan fingerprint density at radius 3 is 2.69 bits per heavy atom. The van der Waals surface area contributed by atoms with E-state index in [1.165, 1.54) is 12.1 Å². The molecular formula is C27H26Cl2FN3O2. The maximum atomic E-state index is 14.0. The number of anilines is 1. The molecule has 0 unspecified atom stereocenters. The van der Waals surface area contributed by atoms with E-state index in [2.05, 4.69) is 29.1 Å². The Labute approximate surface area is 214 Å². The average molecular weight is 514 g/mol. The number of hydrogen-bond donors (Lipinski definition) is 1. The van der Waals surface area contributed by atoms with Gasteiger partial charge in [0.2, 0.25) is 0 Å². The average Bonchev–Trinajstić information content (AvgIpc) is 2.85. The van der Waals surface area contributed by atoms with Gasteiger partial charge in [-0.25, -0.2) is 9.37 Å². The second-order valence-electron chi connectivity index (χ2n) is 9.18. The van der Waals surface area contributed by atoms with Gasteiger partial charge in [-0.2, -0.15) is 0 Å². The van der Waals surface area contributed by atoms with E-state index in [0.717, 1.165) is 48.4 Å². The third kappa shape index (κ3) is 4.70. The van der Waals surface area contributed by atoms with Gasteiger partial charge in [0.25, 0.3) is 0 Å². The lowest BCUT2D eigenvalue weighted by molar-refractivity contribution is 0.0473. The zero-order valence-electron chi connectivity index (χ0n) is 19.5. The van der Waals surface area contributed by atoms with Crippen molar-refractivity contribution in [3.05, 3.63) is 75.7 Å². The van der Waals surface area contributed by atoms with Crippen LogP contribution in [-0.4, -0.2) is 35.6 Å². The number of fused-ring (bicyclic) bond motifs is 1. The molecule has 182 valence electrons. The van der Waals surface area contributed by atoms with Crippen molar-refractivity contribution in [3.8, 4) is 22.6 Å². The molecule has 0 amide bonds. The van der Waals surface area contributed by atoms with Crippen LogP contribution in [0.3, 0.4) is 0 Å². The zero-order chi connectivity index (χ0) is 24.7. The molecule has 2 aliphatic rings. The van der Waals surface area contributed by atoms with Crippen LogP contribution in [-0.2, 0) is 0 Å². The Kier molecular flexibility index (Phi) is 6.38. The summed E-state index contributed by atoms with van der Waals surface area (Å²) in [4.78, 5) is 6.64. The summed E-state index contributed by atoms with van der Waals surface area (Å²) in [6.07, 6.45) is 7.30. The largest absolute Gasteiger partial charge is 0.482 e. The first-order chi connectivity index (χ1) is 16.7. The first-order valence-electron chi connectivity index (χ1n) is 11.5. The number of nitrogens with two attached hydrogens (primary N) is 1. The highest BCUT2D eigenvalue weighted by atomic mass is 35.5. The lowest BCUT2D eigenvalue weighted by atomic mass is 9.88. The predicted octanol–water partition coefficient (Wildman–Crippen LogP) is 6.79. The summed E-state index contributed by atoms with van der Waals surface area (Å²) in [5, 5.41) is 0.240. The SMILES string of the molecule is C[C@@H](Oc1cc(-c2ccc3c(c2)OC2(C=C3)CCN(C)CC2)cnc1N)c1c(Cl)ccc(F)c1Cl. The van der Waals surface area contributed by atoms with E-state index >= 15 is 0 Å². The van der Waals surface area contributed by atoms with Crippen LogP contribution in [0.4, 0.5) is 10.2 Å². The summed E-state index contributed by atoms with van der Waals surface area (Å²) in [6.45, 7) is 3.73. The number of likely N-dealkylation sites (tertiary alicyclic amines) is 1. The highest BCUT2D eigenvalue weighted by Crippen LogP contribution is 2.40. The summed E-state index contributed by atoms with van der Waals surface area (Å²) >= 11 is 12.4. The molecule has 3 aromatic rings. The highest BCUT2D eigenvalue weighted by Gasteiger charge is 2.35. The molecule has 2 N–H and O–H groups in total. The first kappa shape index (κ1) is 23.9. The monoisotopic (exact) mass is 513 g/mol. The zero-order valence-corrected chi connectivity index (χ0v) is 21.0. The normalized spacial score (nSPS) is 17.6. The minimum absolute atomic E-state index is 0.0737. The van der Waals surface area contributed by atoms with Gasteiger partial charge in [0.05, 0.1) is 5.02 Å². The highest BCUT2D eigenvalue weighted by molar-refractivity contribution is 6.36. The van der Waals surface area contributed by atoms with Crippen LogP contribution >= 0.6 is 23.2 Å². The number of aromatic nitrogens is 1. The molecule has 2 aromatic carbocycles. The molecule has 0 bridgehead atoms. The minimum Gasteiger partial charge on any atom is -0.482 e. The number of nitrogens with zero attached hydrogens (tertiary/aromatic N) is 2. The summed E-state index contributed by atoms with van der Waals surface area (Å²) in [6, 6.07) is 10.6. The smallest absolute Gasteiger partial charge is 0.166 e. The molecule has 1 atom stereocenters. The van der Waals surface area contributed by atoms with Gasteiger partial charge in [-0.15, -0.1) is 0 Å². The molecule has 1 fully saturated rings. The van der Waals surface area contributed by atoms with Crippen molar-refractivity contribution in [2.75, 3.05) is 25.9 Å².